The van der Waals surface area contributed by atoms with Crippen molar-refractivity contribution in [2.45, 2.75) is 0 Å². The number of hydrogen-bond donors (Lipinski definition) is 0. The first kappa shape index (κ1) is 20.3. The molecule has 1 saturated heterocycles. The number of amides is 1. The number of hydrogen-bond acceptors (Lipinski definition) is 4. The van der Waals surface area contributed by atoms with E-state index in [9.17, 15) is 9.59 Å². The first-order valence-electron chi connectivity index (χ1n) is 10.8. The van der Waals surface area contributed by atoms with Crippen molar-refractivity contribution in [1.29, 1.82) is 0 Å². The van der Waals surface area contributed by atoms with Gasteiger partial charge in [-0.05, 0) is 42.8 Å². The fourth-order valence-corrected chi connectivity index (χ4v) is 4.38. The van der Waals surface area contributed by atoms with Gasteiger partial charge in [0.1, 0.15) is 5.75 Å². The Balaban J connectivity index is 1.68. The second-order valence-corrected chi connectivity index (χ2v) is 8.21. The van der Waals surface area contributed by atoms with E-state index in [0.717, 1.165) is 29.5 Å². The summed E-state index contributed by atoms with van der Waals surface area (Å²) in [7, 11) is 3.64. The van der Waals surface area contributed by atoms with Crippen LogP contribution in [0, 0.1) is 0 Å². The highest BCUT2D eigenvalue weighted by Gasteiger charge is 2.26. The molecule has 6 heteroatoms. The Hall–Kier alpha value is -3.64. The van der Waals surface area contributed by atoms with Crippen LogP contribution in [0.3, 0.4) is 0 Å². The van der Waals surface area contributed by atoms with E-state index >= 15 is 0 Å². The van der Waals surface area contributed by atoms with E-state index < -0.39 is 0 Å². The van der Waals surface area contributed by atoms with Gasteiger partial charge in [-0.3, -0.25) is 9.59 Å². The Morgan fingerprint density at radius 3 is 2.41 bits per heavy atom. The van der Waals surface area contributed by atoms with Crippen LogP contribution in [0.5, 0.6) is 5.75 Å². The monoisotopic (exact) mass is 427 g/mol. The van der Waals surface area contributed by atoms with E-state index in [2.05, 4.69) is 11.9 Å². The van der Waals surface area contributed by atoms with Gasteiger partial charge in [-0.1, -0.05) is 36.4 Å². The third-order valence-corrected chi connectivity index (χ3v) is 6.22. The van der Waals surface area contributed by atoms with Crippen molar-refractivity contribution >= 4 is 28.1 Å². The Morgan fingerprint density at radius 2 is 1.62 bits per heavy atom. The first-order chi connectivity index (χ1) is 15.6. The summed E-state index contributed by atoms with van der Waals surface area (Å²) in [5.74, 6) is 0.443. The number of carbonyl (C=O) groups excluding carboxylic acids is 2. The fraction of sp³-hybridized carbons (Fsp3) is 0.231. The molecule has 3 heterocycles. The third kappa shape index (κ3) is 3.42. The van der Waals surface area contributed by atoms with Crippen molar-refractivity contribution in [2.24, 2.45) is 0 Å². The van der Waals surface area contributed by atoms with Gasteiger partial charge in [-0.2, -0.15) is 0 Å². The van der Waals surface area contributed by atoms with Crippen LogP contribution in [-0.4, -0.2) is 66.2 Å². The molecule has 1 fully saturated rings. The molecule has 0 atom stereocenters. The average molecular weight is 428 g/mol. The Kier molecular flexibility index (Phi) is 5.15. The van der Waals surface area contributed by atoms with E-state index in [-0.39, 0.29) is 11.7 Å². The minimum absolute atomic E-state index is 0.0319. The molecule has 4 aromatic rings. The van der Waals surface area contributed by atoms with E-state index in [1.54, 1.807) is 31.4 Å². The Bertz CT molecular complexity index is 1330. The number of benzene rings is 2. The summed E-state index contributed by atoms with van der Waals surface area (Å²) in [6.07, 6.45) is 0. The molecule has 32 heavy (non-hydrogen) atoms. The molecule has 0 spiro atoms. The second-order valence-electron chi connectivity index (χ2n) is 8.21. The number of aromatic nitrogens is 1. The van der Waals surface area contributed by atoms with Crippen LogP contribution in [0.15, 0.2) is 66.7 Å². The minimum Gasteiger partial charge on any atom is -0.497 e. The Morgan fingerprint density at radius 1 is 0.844 bits per heavy atom. The third-order valence-electron chi connectivity index (χ3n) is 6.22. The summed E-state index contributed by atoms with van der Waals surface area (Å²) in [5, 5.41) is 1.01. The summed E-state index contributed by atoms with van der Waals surface area (Å²) in [4.78, 5) is 31.2. The molecule has 1 aliphatic rings. The fourth-order valence-electron chi connectivity index (χ4n) is 4.38. The molecule has 0 N–H and O–H groups in total. The lowest BCUT2D eigenvalue weighted by Crippen LogP contribution is -2.47. The molecule has 6 nitrogen and oxygen atoms in total. The molecule has 0 aliphatic carbocycles. The van der Waals surface area contributed by atoms with Crippen molar-refractivity contribution in [3.63, 3.8) is 0 Å². The number of rotatable bonds is 4. The lowest BCUT2D eigenvalue weighted by Gasteiger charge is -2.32. The maximum absolute atomic E-state index is 13.6. The lowest BCUT2D eigenvalue weighted by atomic mass is 10.1. The molecule has 2 aromatic carbocycles. The maximum atomic E-state index is 13.6. The number of ether oxygens (including phenoxy) is 1. The van der Waals surface area contributed by atoms with E-state index in [1.807, 2.05) is 51.8 Å². The van der Waals surface area contributed by atoms with Crippen LogP contribution in [0.1, 0.15) is 26.4 Å². The predicted octanol–water partition coefficient (Wildman–Crippen LogP) is 3.72. The number of nitrogens with zero attached hydrogens (tertiary/aromatic N) is 3. The molecule has 1 aliphatic heterocycles. The molecule has 2 aromatic heterocycles. The number of methoxy groups -OCH3 is 1. The minimum atomic E-state index is -0.146. The summed E-state index contributed by atoms with van der Waals surface area (Å²) in [6, 6.07) is 20.7. The van der Waals surface area contributed by atoms with Crippen molar-refractivity contribution in [3.05, 3.63) is 83.6 Å². The molecule has 0 saturated carbocycles. The van der Waals surface area contributed by atoms with Crippen LogP contribution in [-0.2, 0) is 0 Å². The lowest BCUT2D eigenvalue weighted by molar-refractivity contribution is 0.0666. The zero-order valence-electron chi connectivity index (χ0n) is 18.2. The summed E-state index contributed by atoms with van der Waals surface area (Å²) < 4.78 is 7.22. The number of fused-ring (bicyclic) bond motifs is 3. The number of ketones is 1. The smallest absolute Gasteiger partial charge is 0.256 e. The van der Waals surface area contributed by atoms with Crippen LogP contribution >= 0.6 is 0 Å². The topological polar surface area (TPSA) is 54.3 Å². The van der Waals surface area contributed by atoms with Gasteiger partial charge in [-0.15, -0.1) is 0 Å². The second kappa shape index (κ2) is 8.13. The molecule has 0 bridgehead atoms. The maximum Gasteiger partial charge on any atom is 0.256 e. The van der Waals surface area contributed by atoms with Crippen molar-refractivity contribution in [2.75, 3.05) is 40.3 Å². The molecule has 0 unspecified atom stereocenters. The highest BCUT2D eigenvalue weighted by molar-refractivity contribution is 6.13. The number of likely N-dealkylation sites (N-methyl/N-ethyl adjacent to an activating group) is 1. The SMILES string of the molecule is COc1cccc(C(=O)c2cc(C(=O)N3CCN(C)CC3)c3ccc4ccccc4n23)c1. The van der Waals surface area contributed by atoms with Gasteiger partial charge in [0.15, 0.2) is 0 Å². The molecular weight excluding hydrogens is 402 g/mol. The quantitative estimate of drug-likeness (QED) is 0.466. The largest absolute Gasteiger partial charge is 0.497 e. The number of carbonyl (C=O) groups is 2. The van der Waals surface area contributed by atoms with Gasteiger partial charge >= 0.3 is 0 Å². The summed E-state index contributed by atoms with van der Waals surface area (Å²) >= 11 is 0. The van der Waals surface area contributed by atoms with E-state index in [1.165, 1.54) is 0 Å². The van der Waals surface area contributed by atoms with Gasteiger partial charge in [0.2, 0.25) is 5.78 Å². The standard InChI is InChI=1S/C26H25N3O3/c1-27-12-14-28(15-13-27)26(31)21-17-24(25(30)19-7-5-8-20(16-19)32-2)29-22-9-4-3-6-18(22)10-11-23(21)29/h3-11,16-17H,12-15H2,1-2H3. The average Bonchev–Trinajstić information content (AvgIpc) is 3.24. The van der Waals surface area contributed by atoms with Crippen LogP contribution in [0.2, 0.25) is 0 Å². The van der Waals surface area contributed by atoms with Crippen LogP contribution < -0.4 is 4.74 Å². The first-order valence-corrected chi connectivity index (χ1v) is 10.8. The van der Waals surface area contributed by atoms with Crippen molar-refractivity contribution < 1.29 is 14.3 Å². The van der Waals surface area contributed by atoms with Gasteiger partial charge in [-0.25, -0.2) is 0 Å². The van der Waals surface area contributed by atoms with Gasteiger partial charge in [0.25, 0.3) is 5.91 Å². The van der Waals surface area contributed by atoms with Gasteiger partial charge in [0, 0.05) is 31.7 Å². The molecule has 0 radical (unpaired) electrons. The molecule has 1 amide bonds. The summed E-state index contributed by atoms with van der Waals surface area (Å²) in [5.41, 5.74) is 3.21. The highest BCUT2D eigenvalue weighted by Crippen LogP contribution is 2.27. The number of piperazine rings is 1. The van der Waals surface area contributed by atoms with Crippen LogP contribution in [0.4, 0.5) is 0 Å². The van der Waals surface area contributed by atoms with Gasteiger partial charge in [0.05, 0.1) is 29.4 Å². The highest BCUT2D eigenvalue weighted by atomic mass is 16.5. The van der Waals surface area contributed by atoms with Crippen molar-refractivity contribution in [3.8, 4) is 5.75 Å². The number of pyridine rings is 1. The van der Waals surface area contributed by atoms with E-state index in [0.29, 0.717) is 35.7 Å². The predicted molar refractivity (Wildman–Crippen MR) is 125 cm³/mol. The molecule has 162 valence electrons. The molecular formula is C26H25N3O3. The zero-order chi connectivity index (χ0) is 22.2. The zero-order valence-corrected chi connectivity index (χ0v) is 18.2. The Labute approximate surface area is 186 Å². The van der Waals surface area contributed by atoms with Crippen LogP contribution in [0.25, 0.3) is 16.4 Å². The molecule has 5 rings (SSSR count). The number of para-hydroxylation sites is 1. The summed E-state index contributed by atoms with van der Waals surface area (Å²) in [6.45, 7) is 3.05. The van der Waals surface area contributed by atoms with Crippen molar-refractivity contribution in [1.82, 2.24) is 14.2 Å². The van der Waals surface area contributed by atoms with E-state index in [4.69, 9.17) is 4.74 Å². The van der Waals surface area contributed by atoms with Gasteiger partial charge < -0.3 is 18.9 Å². The normalized spacial score (nSPS) is 14.8.